The Morgan fingerprint density at radius 3 is 2.66 bits per heavy atom. The smallest absolute Gasteiger partial charge is 0.317 e. The highest BCUT2D eigenvalue weighted by atomic mass is 16.5. The van der Waals surface area contributed by atoms with Gasteiger partial charge >= 0.3 is 6.03 Å². The van der Waals surface area contributed by atoms with E-state index < -0.39 is 0 Å². The second-order valence-corrected chi connectivity index (χ2v) is 7.15. The Hall–Kier alpha value is -3.23. The number of nitrogens with one attached hydrogen (secondary N) is 1. The Bertz CT molecular complexity index is 931. The van der Waals surface area contributed by atoms with Crippen molar-refractivity contribution in [1.82, 2.24) is 30.5 Å². The maximum absolute atomic E-state index is 12.4. The van der Waals surface area contributed by atoms with E-state index >= 15 is 0 Å². The number of rotatable bonds is 6. The lowest BCUT2D eigenvalue weighted by Gasteiger charge is -2.30. The first-order chi connectivity index (χ1) is 14.2. The predicted octanol–water partition coefficient (Wildman–Crippen LogP) is 2.95. The molecule has 0 saturated carbocycles. The van der Waals surface area contributed by atoms with Gasteiger partial charge in [0.05, 0.1) is 0 Å². The highest BCUT2D eigenvalue weighted by Gasteiger charge is 2.27. The van der Waals surface area contributed by atoms with Crippen LogP contribution in [-0.2, 0) is 6.42 Å². The van der Waals surface area contributed by atoms with Crippen molar-refractivity contribution in [1.29, 1.82) is 0 Å². The van der Waals surface area contributed by atoms with E-state index in [1.54, 1.807) is 6.92 Å². The molecular weight excluding hydrogens is 372 g/mol. The molecule has 0 unspecified atom stereocenters. The predicted molar refractivity (Wildman–Crippen MR) is 104 cm³/mol. The Kier molecular flexibility index (Phi) is 5.83. The number of nitrogens with zero attached hydrogens (tertiary/aromatic N) is 5. The van der Waals surface area contributed by atoms with Crippen LogP contribution in [0.3, 0.4) is 0 Å². The van der Waals surface area contributed by atoms with Crippen LogP contribution in [0.5, 0.6) is 0 Å². The molecule has 0 aliphatic carbocycles. The minimum Gasteiger partial charge on any atom is -0.339 e. The summed E-state index contributed by atoms with van der Waals surface area (Å²) in [6, 6.07) is 9.73. The minimum absolute atomic E-state index is 0.0411. The number of carbonyl (C=O) groups excluding carboxylic acids is 1. The molecule has 1 aliphatic heterocycles. The normalized spacial score (nSPS) is 14.9. The van der Waals surface area contributed by atoms with E-state index in [-0.39, 0.29) is 11.9 Å². The topological polar surface area (TPSA) is 110 Å². The van der Waals surface area contributed by atoms with Crippen LogP contribution >= 0.6 is 0 Å². The number of benzene rings is 1. The zero-order valence-electron chi connectivity index (χ0n) is 16.4. The molecule has 3 heterocycles. The van der Waals surface area contributed by atoms with E-state index in [9.17, 15) is 4.79 Å². The third-order valence-electron chi connectivity index (χ3n) is 5.02. The summed E-state index contributed by atoms with van der Waals surface area (Å²) in [6.07, 6.45) is 3.04. The SMILES string of the molecule is Cc1noc(CCCNC(=O)N2CCC(c3nc(-c4ccccc4)no3)CC2)n1. The van der Waals surface area contributed by atoms with E-state index in [1.807, 2.05) is 35.2 Å². The first kappa shape index (κ1) is 19.1. The lowest BCUT2D eigenvalue weighted by Crippen LogP contribution is -2.44. The van der Waals surface area contributed by atoms with Gasteiger partial charge in [0, 0.05) is 37.5 Å². The molecule has 4 rings (SSSR count). The molecule has 1 N–H and O–H groups in total. The van der Waals surface area contributed by atoms with E-state index in [2.05, 4.69) is 25.6 Å². The van der Waals surface area contributed by atoms with Crippen molar-refractivity contribution >= 4 is 6.03 Å². The van der Waals surface area contributed by atoms with Crippen molar-refractivity contribution in [2.24, 2.45) is 0 Å². The molecule has 0 spiro atoms. The third kappa shape index (κ3) is 4.79. The minimum atomic E-state index is -0.0411. The Balaban J connectivity index is 1.21. The molecule has 0 radical (unpaired) electrons. The second-order valence-electron chi connectivity index (χ2n) is 7.15. The summed E-state index contributed by atoms with van der Waals surface area (Å²) in [4.78, 5) is 22.9. The molecule has 1 saturated heterocycles. The summed E-state index contributed by atoms with van der Waals surface area (Å²) in [5, 5.41) is 10.8. The van der Waals surface area contributed by atoms with Crippen molar-refractivity contribution in [3.05, 3.63) is 47.9 Å². The fourth-order valence-electron chi connectivity index (χ4n) is 3.42. The number of hydrogen-bond donors (Lipinski definition) is 1. The molecule has 1 aromatic carbocycles. The van der Waals surface area contributed by atoms with Crippen LogP contribution in [-0.4, -0.2) is 50.8 Å². The number of carbonyl (C=O) groups is 1. The Morgan fingerprint density at radius 1 is 1.14 bits per heavy atom. The molecule has 2 aromatic heterocycles. The van der Waals surface area contributed by atoms with E-state index in [0.717, 1.165) is 24.8 Å². The third-order valence-corrected chi connectivity index (χ3v) is 5.02. The first-order valence-electron chi connectivity index (χ1n) is 9.90. The molecule has 0 bridgehead atoms. The van der Waals surface area contributed by atoms with Crippen LogP contribution in [0.1, 0.15) is 42.8 Å². The van der Waals surface area contributed by atoms with Gasteiger partial charge in [0.25, 0.3) is 0 Å². The molecule has 152 valence electrons. The molecule has 0 atom stereocenters. The van der Waals surface area contributed by atoms with Gasteiger partial charge in [-0.15, -0.1) is 0 Å². The molecular formula is C20H24N6O3. The number of aromatic nitrogens is 4. The second kappa shape index (κ2) is 8.85. The molecule has 29 heavy (non-hydrogen) atoms. The molecule has 2 amide bonds. The lowest BCUT2D eigenvalue weighted by molar-refractivity contribution is 0.175. The standard InChI is InChI=1S/C20H24N6O3/c1-14-22-17(28-24-14)8-5-11-21-20(27)26-12-9-16(10-13-26)19-23-18(25-29-19)15-6-3-2-4-7-15/h2-4,6-7,16H,5,8-13H2,1H3,(H,21,27). The summed E-state index contributed by atoms with van der Waals surface area (Å²) in [7, 11) is 0. The van der Waals surface area contributed by atoms with E-state index in [4.69, 9.17) is 9.05 Å². The van der Waals surface area contributed by atoms with Crippen molar-refractivity contribution in [3.8, 4) is 11.4 Å². The van der Waals surface area contributed by atoms with Gasteiger partial charge in [-0.3, -0.25) is 0 Å². The van der Waals surface area contributed by atoms with Gasteiger partial charge in [0.1, 0.15) is 0 Å². The van der Waals surface area contributed by atoms with Gasteiger partial charge in [-0.25, -0.2) is 4.79 Å². The monoisotopic (exact) mass is 396 g/mol. The van der Waals surface area contributed by atoms with Crippen LogP contribution < -0.4 is 5.32 Å². The van der Waals surface area contributed by atoms with E-state index in [0.29, 0.717) is 49.5 Å². The first-order valence-corrected chi connectivity index (χ1v) is 9.90. The van der Waals surface area contributed by atoms with Gasteiger partial charge in [-0.05, 0) is 26.2 Å². The number of piperidine rings is 1. The van der Waals surface area contributed by atoms with Crippen LogP contribution in [0.4, 0.5) is 4.79 Å². The van der Waals surface area contributed by atoms with Gasteiger partial charge in [0.2, 0.25) is 17.6 Å². The zero-order chi connectivity index (χ0) is 20.1. The quantitative estimate of drug-likeness (QED) is 0.638. The number of urea groups is 1. The number of likely N-dealkylation sites (tertiary alicyclic amines) is 1. The maximum atomic E-state index is 12.4. The fraction of sp³-hybridized carbons (Fsp3) is 0.450. The van der Waals surface area contributed by atoms with Crippen molar-refractivity contribution in [3.63, 3.8) is 0 Å². The molecule has 1 aliphatic rings. The van der Waals surface area contributed by atoms with Gasteiger partial charge in [0.15, 0.2) is 5.82 Å². The molecule has 1 fully saturated rings. The number of hydrogen-bond acceptors (Lipinski definition) is 7. The summed E-state index contributed by atoms with van der Waals surface area (Å²) in [5.74, 6) is 2.68. The molecule has 9 nitrogen and oxygen atoms in total. The van der Waals surface area contributed by atoms with Crippen LogP contribution in [0, 0.1) is 6.92 Å². The highest BCUT2D eigenvalue weighted by Crippen LogP contribution is 2.28. The van der Waals surface area contributed by atoms with Crippen LogP contribution in [0.15, 0.2) is 39.4 Å². The number of aryl methyl sites for hydroxylation is 2. The summed E-state index contributed by atoms with van der Waals surface area (Å²) in [5.41, 5.74) is 0.940. The van der Waals surface area contributed by atoms with Gasteiger partial charge in [-0.2, -0.15) is 9.97 Å². The summed E-state index contributed by atoms with van der Waals surface area (Å²) in [6.45, 7) is 3.70. The van der Waals surface area contributed by atoms with Gasteiger partial charge in [-0.1, -0.05) is 40.6 Å². The maximum Gasteiger partial charge on any atom is 0.317 e. The summed E-state index contributed by atoms with van der Waals surface area (Å²) < 4.78 is 10.5. The van der Waals surface area contributed by atoms with Crippen molar-refractivity contribution in [2.45, 2.75) is 38.5 Å². The Labute approximate surface area is 168 Å². The fourth-order valence-corrected chi connectivity index (χ4v) is 3.42. The highest BCUT2D eigenvalue weighted by molar-refractivity contribution is 5.74. The average molecular weight is 396 g/mol. The lowest BCUT2D eigenvalue weighted by atomic mass is 9.97. The van der Waals surface area contributed by atoms with Crippen molar-refractivity contribution < 1.29 is 13.8 Å². The Morgan fingerprint density at radius 2 is 1.93 bits per heavy atom. The molecule has 3 aromatic rings. The zero-order valence-corrected chi connectivity index (χ0v) is 16.4. The van der Waals surface area contributed by atoms with Crippen LogP contribution in [0.25, 0.3) is 11.4 Å². The van der Waals surface area contributed by atoms with E-state index in [1.165, 1.54) is 0 Å². The molecule has 9 heteroatoms. The average Bonchev–Trinajstić information content (AvgIpc) is 3.41. The van der Waals surface area contributed by atoms with Crippen LogP contribution in [0.2, 0.25) is 0 Å². The van der Waals surface area contributed by atoms with Gasteiger partial charge < -0.3 is 19.3 Å². The largest absolute Gasteiger partial charge is 0.339 e. The van der Waals surface area contributed by atoms with Crippen molar-refractivity contribution in [2.75, 3.05) is 19.6 Å². The summed E-state index contributed by atoms with van der Waals surface area (Å²) >= 11 is 0. The number of amides is 2.